The van der Waals surface area contributed by atoms with Gasteiger partial charge in [-0.2, -0.15) is 0 Å². The summed E-state index contributed by atoms with van der Waals surface area (Å²) in [4.78, 5) is 19.6. The zero-order valence-corrected chi connectivity index (χ0v) is 17.7. The number of amides is 2. The number of pyridine rings is 1. The number of hydrogen-bond acceptors (Lipinski definition) is 7. The van der Waals surface area contributed by atoms with E-state index in [1.807, 2.05) is 35.2 Å². The van der Waals surface area contributed by atoms with Crippen molar-refractivity contribution >= 4 is 6.03 Å². The molecule has 4 unspecified atom stereocenters. The fraction of sp³-hybridized carbons (Fsp3) is 0.455. The van der Waals surface area contributed by atoms with Crippen LogP contribution in [0.1, 0.15) is 23.5 Å². The van der Waals surface area contributed by atoms with Gasteiger partial charge in [0.25, 0.3) is 0 Å². The van der Waals surface area contributed by atoms with Crippen molar-refractivity contribution in [3.05, 3.63) is 53.7 Å². The molecule has 9 heteroatoms. The van der Waals surface area contributed by atoms with Crippen molar-refractivity contribution in [2.24, 2.45) is 5.92 Å². The number of benzene rings is 1. The number of rotatable bonds is 5. The van der Waals surface area contributed by atoms with E-state index in [2.05, 4.69) is 27.1 Å². The Labute approximate surface area is 181 Å². The van der Waals surface area contributed by atoms with E-state index < -0.39 is 0 Å². The van der Waals surface area contributed by atoms with Crippen molar-refractivity contribution in [2.75, 3.05) is 27.4 Å². The van der Waals surface area contributed by atoms with Crippen molar-refractivity contribution in [1.29, 1.82) is 0 Å². The number of aromatic nitrogens is 1. The van der Waals surface area contributed by atoms with E-state index in [-0.39, 0.29) is 30.2 Å². The third-order valence-corrected chi connectivity index (χ3v) is 6.51. The van der Waals surface area contributed by atoms with E-state index in [4.69, 9.17) is 9.47 Å². The van der Waals surface area contributed by atoms with Crippen LogP contribution in [0.5, 0.6) is 11.6 Å². The average Bonchev–Trinajstić information content (AvgIpc) is 3.32. The minimum absolute atomic E-state index is 0.0167. The summed E-state index contributed by atoms with van der Waals surface area (Å²) in [6, 6.07) is 11.9. The Balaban J connectivity index is 1.41. The smallest absolute Gasteiger partial charge is 0.337 e. The van der Waals surface area contributed by atoms with Crippen LogP contribution in [0.15, 0.2) is 42.6 Å². The number of urea groups is 1. The molecule has 2 amide bonds. The van der Waals surface area contributed by atoms with Crippen LogP contribution >= 0.6 is 0 Å². The SMILES string of the molecule is COc1ccc(CN2C(=O)N3NCNC3C3CC(c4cccnc4OC)CNC32)cc1. The molecule has 9 nitrogen and oxygen atoms in total. The Kier molecular flexibility index (Phi) is 5.39. The Hall–Kier alpha value is -2.88. The van der Waals surface area contributed by atoms with Gasteiger partial charge in [-0.05, 0) is 30.2 Å². The topological polar surface area (TPSA) is 91.0 Å². The number of methoxy groups -OCH3 is 2. The molecule has 2 aromatic rings. The number of carbonyl (C=O) groups excluding carboxylic acids is 1. The van der Waals surface area contributed by atoms with E-state index in [0.717, 1.165) is 29.8 Å². The summed E-state index contributed by atoms with van der Waals surface area (Å²) in [7, 11) is 3.31. The van der Waals surface area contributed by atoms with Crippen LogP contribution in [-0.2, 0) is 6.54 Å². The maximum absolute atomic E-state index is 13.3. The summed E-state index contributed by atoms with van der Waals surface area (Å²) in [5.74, 6) is 1.94. The maximum atomic E-state index is 13.3. The molecule has 0 radical (unpaired) electrons. The monoisotopic (exact) mass is 424 g/mol. The zero-order valence-electron chi connectivity index (χ0n) is 17.7. The number of hydrogen-bond donors (Lipinski definition) is 3. The summed E-state index contributed by atoms with van der Waals surface area (Å²) in [5, 5.41) is 8.86. The summed E-state index contributed by atoms with van der Waals surface area (Å²) in [6.07, 6.45) is 2.56. The molecule has 3 saturated heterocycles. The molecule has 3 N–H and O–H groups in total. The molecule has 3 aliphatic rings. The van der Waals surface area contributed by atoms with Crippen LogP contribution in [0.2, 0.25) is 0 Å². The summed E-state index contributed by atoms with van der Waals surface area (Å²) in [5.41, 5.74) is 5.37. The summed E-state index contributed by atoms with van der Waals surface area (Å²) >= 11 is 0. The molecular formula is C22H28N6O3. The summed E-state index contributed by atoms with van der Waals surface area (Å²) < 4.78 is 10.8. The minimum Gasteiger partial charge on any atom is -0.497 e. The first-order valence-corrected chi connectivity index (χ1v) is 10.6. The molecule has 4 heterocycles. The molecular weight excluding hydrogens is 396 g/mol. The van der Waals surface area contributed by atoms with Gasteiger partial charge in [0.2, 0.25) is 5.88 Å². The maximum Gasteiger partial charge on any atom is 0.337 e. The van der Waals surface area contributed by atoms with Gasteiger partial charge in [0, 0.05) is 36.7 Å². The first kappa shape index (κ1) is 20.0. The van der Waals surface area contributed by atoms with E-state index in [9.17, 15) is 4.79 Å². The lowest BCUT2D eigenvalue weighted by Gasteiger charge is -2.51. The van der Waals surface area contributed by atoms with Crippen LogP contribution in [0, 0.1) is 5.92 Å². The molecule has 1 aromatic heterocycles. The van der Waals surface area contributed by atoms with Gasteiger partial charge < -0.3 is 14.4 Å². The van der Waals surface area contributed by atoms with Crippen LogP contribution in [0.3, 0.4) is 0 Å². The van der Waals surface area contributed by atoms with Gasteiger partial charge in [-0.15, -0.1) is 0 Å². The second-order valence-electron chi connectivity index (χ2n) is 8.16. The second-order valence-corrected chi connectivity index (χ2v) is 8.16. The van der Waals surface area contributed by atoms with E-state index in [1.54, 1.807) is 25.4 Å². The molecule has 3 fully saturated rings. The Morgan fingerprint density at radius 1 is 1.10 bits per heavy atom. The van der Waals surface area contributed by atoms with Crippen molar-refractivity contribution in [2.45, 2.75) is 31.2 Å². The van der Waals surface area contributed by atoms with Crippen LogP contribution in [0.4, 0.5) is 4.79 Å². The van der Waals surface area contributed by atoms with Crippen LogP contribution < -0.4 is 25.5 Å². The van der Waals surface area contributed by atoms with Crippen molar-refractivity contribution in [3.8, 4) is 11.6 Å². The van der Waals surface area contributed by atoms with Gasteiger partial charge in [0.1, 0.15) is 11.9 Å². The number of nitrogens with zero attached hydrogens (tertiary/aromatic N) is 3. The first-order chi connectivity index (χ1) is 15.2. The van der Waals surface area contributed by atoms with Gasteiger partial charge in [0.15, 0.2) is 0 Å². The number of carbonyl (C=O) groups is 1. The Morgan fingerprint density at radius 2 is 1.94 bits per heavy atom. The molecule has 1 aromatic carbocycles. The minimum atomic E-state index is -0.0535. The van der Waals surface area contributed by atoms with Gasteiger partial charge >= 0.3 is 6.03 Å². The Morgan fingerprint density at radius 3 is 2.71 bits per heavy atom. The fourth-order valence-corrected chi connectivity index (χ4v) is 5.02. The Bertz CT molecular complexity index is 939. The average molecular weight is 425 g/mol. The number of fused-ring (bicyclic) bond motifs is 3. The molecule has 0 spiro atoms. The van der Waals surface area contributed by atoms with E-state index >= 15 is 0 Å². The molecule has 0 saturated carbocycles. The van der Waals surface area contributed by atoms with Crippen molar-refractivity contribution in [3.63, 3.8) is 0 Å². The second kappa shape index (κ2) is 8.33. The molecule has 164 valence electrons. The lowest BCUT2D eigenvalue weighted by Crippen LogP contribution is -2.70. The van der Waals surface area contributed by atoms with Gasteiger partial charge in [-0.3, -0.25) is 10.6 Å². The predicted molar refractivity (Wildman–Crippen MR) is 114 cm³/mol. The standard InChI is InChI=1S/C22H28N6O3/c1-30-16-7-5-14(6-8-16)12-27-19-18(20-25-13-26-28(20)22(27)29)10-15(11-24-19)17-4-3-9-23-21(17)31-2/h3-9,15,18-20,24-26H,10-13H2,1-2H3. The van der Waals surface area contributed by atoms with E-state index in [0.29, 0.717) is 19.1 Å². The third kappa shape index (κ3) is 3.58. The molecule has 0 aliphatic carbocycles. The zero-order chi connectivity index (χ0) is 21.4. The highest BCUT2D eigenvalue weighted by molar-refractivity contribution is 5.76. The molecule has 3 aliphatic heterocycles. The fourth-order valence-electron chi connectivity index (χ4n) is 5.02. The quantitative estimate of drug-likeness (QED) is 0.669. The lowest BCUT2D eigenvalue weighted by atomic mass is 9.80. The number of hydrazine groups is 1. The van der Waals surface area contributed by atoms with Crippen molar-refractivity contribution in [1.82, 2.24) is 31.0 Å². The van der Waals surface area contributed by atoms with Crippen LogP contribution in [-0.4, -0.2) is 60.7 Å². The highest BCUT2D eigenvalue weighted by atomic mass is 16.5. The van der Waals surface area contributed by atoms with E-state index in [1.165, 1.54) is 0 Å². The molecule has 5 rings (SSSR count). The predicted octanol–water partition coefficient (Wildman–Crippen LogP) is 1.45. The first-order valence-electron chi connectivity index (χ1n) is 10.6. The van der Waals surface area contributed by atoms with Crippen molar-refractivity contribution < 1.29 is 14.3 Å². The third-order valence-electron chi connectivity index (χ3n) is 6.51. The lowest BCUT2D eigenvalue weighted by molar-refractivity contribution is -0.0172. The normalized spacial score (nSPS) is 27.6. The number of ether oxygens (including phenoxy) is 2. The number of piperidine rings is 1. The molecule has 0 bridgehead atoms. The van der Waals surface area contributed by atoms with Gasteiger partial charge in [-0.25, -0.2) is 20.2 Å². The molecule has 4 atom stereocenters. The highest BCUT2D eigenvalue weighted by Gasteiger charge is 2.51. The highest BCUT2D eigenvalue weighted by Crippen LogP contribution is 2.39. The van der Waals surface area contributed by atoms with Gasteiger partial charge in [-0.1, -0.05) is 18.2 Å². The molecule has 31 heavy (non-hydrogen) atoms. The number of nitrogens with one attached hydrogen (secondary N) is 3. The van der Waals surface area contributed by atoms with Gasteiger partial charge in [0.05, 0.1) is 27.1 Å². The van der Waals surface area contributed by atoms with Crippen LogP contribution in [0.25, 0.3) is 0 Å². The largest absolute Gasteiger partial charge is 0.497 e. The summed E-state index contributed by atoms with van der Waals surface area (Å²) in [6.45, 7) is 1.87.